The topological polar surface area (TPSA) is 80.5 Å². The SMILES string of the molecule is Cc1[nH]cnc1-c1noc(C(F)(F)c2nccs2)n1. The molecule has 0 aliphatic rings. The minimum Gasteiger partial charge on any atom is -0.348 e. The molecule has 0 amide bonds. The molecule has 3 aromatic heterocycles. The molecular weight excluding hydrogens is 276 g/mol. The number of aryl methyl sites for hydroxylation is 1. The van der Waals surface area contributed by atoms with E-state index in [9.17, 15) is 8.78 Å². The molecule has 3 rings (SSSR count). The van der Waals surface area contributed by atoms with Crippen LogP contribution in [0.1, 0.15) is 16.6 Å². The third kappa shape index (κ3) is 1.91. The van der Waals surface area contributed by atoms with Crippen LogP contribution in [0.25, 0.3) is 11.5 Å². The van der Waals surface area contributed by atoms with Crippen LogP contribution >= 0.6 is 11.3 Å². The Labute approximate surface area is 109 Å². The van der Waals surface area contributed by atoms with Crippen LogP contribution < -0.4 is 0 Å². The van der Waals surface area contributed by atoms with Crippen LogP contribution in [-0.4, -0.2) is 25.1 Å². The van der Waals surface area contributed by atoms with Crippen molar-refractivity contribution >= 4 is 11.3 Å². The maximum Gasteiger partial charge on any atom is 0.375 e. The van der Waals surface area contributed by atoms with E-state index in [2.05, 4.69) is 29.6 Å². The maximum absolute atomic E-state index is 14.0. The Morgan fingerprint density at radius 3 is 2.84 bits per heavy atom. The lowest BCUT2D eigenvalue weighted by Gasteiger charge is -2.06. The quantitative estimate of drug-likeness (QED) is 0.798. The molecule has 3 aromatic rings. The van der Waals surface area contributed by atoms with Gasteiger partial charge in [0, 0.05) is 17.3 Å². The highest BCUT2D eigenvalue weighted by atomic mass is 32.1. The highest BCUT2D eigenvalue weighted by Crippen LogP contribution is 2.36. The summed E-state index contributed by atoms with van der Waals surface area (Å²) < 4.78 is 32.6. The summed E-state index contributed by atoms with van der Waals surface area (Å²) in [5.74, 6) is -4.17. The summed E-state index contributed by atoms with van der Waals surface area (Å²) in [7, 11) is 0. The summed E-state index contributed by atoms with van der Waals surface area (Å²) >= 11 is 0.824. The number of thiazole rings is 1. The van der Waals surface area contributed by atoms with E-state index in [0.717, 1.165) is 11.3 Å². The average Bonchev–Trinajstić information content (AvgIpc) is 3.10. The molecule has 19 heavy (non-hydrogen) atoms. The van der Waals surface area contributed by atoms with Crippen molar-refractivity contribution in [3.63, 3.8) is 0 Å². The number of nitrogens with zero attached hydrogens (tertiary/aromatic N) is 4. The van der Waals surface area contributed by atoms with Crippen molar-refractivity contribution in [2.75, 3.05) is 0 Å². The molecule has 98 valence electrons. The van der Waals surface area contributed by atoms with Crippen LogP contribution in [0.15, 0.2) is 22.4 Å². The first kappa shape index (κ1) is 11.9. The highest BCUT2D eigenvalue weighted by Gasteiger charge is 2.43. The molecule has 0 bridgehead atoms. The van der Waals surface area contributed by atoms with Gasteiger partial charge in [0.25, 0.3) is 0 Å². The average molecular weight is 283 g/mol. The van der Waals surface area contributed by atoms with Crippen molar-refractivity contribution in [1.82, 2.24) is 25.1 Å². The van der Waals surface area contributed by atoms with Gasteiger partial charge >= 0.3 is 11.8 Å². The van der Waals surface area contributed by atoms with Gasteiger partial charge < -0.3 is 9.51 Å². The van der Waals surface area contributed by atoms with Gasteiger partial charge in [-0.2, -0.15) is 13.8 Å². The number of aromatic amines is 1. The Bertz CT molecular complexity index is 690. The normalized spacial score (nSPS) is 11.9. The molecular formula is C10H7F2N5OS. The van der Waals surface area contributed by atoms with Crippen molar-refractivity contribution in [1.29, 1.82) is 0 Å². The summed E-state index contributed by atoms with van der Waals surface area (Å²) in [5, 5.41) is 4.59. The highest BCUT2D eigenvalue weighted by molar-refractivity contribution is 7.09. The van der Waals surface area contributed by atoms with Gasteiger partial charge in [-0.3, -0.25) is 0 Å². The zero-order valence-electron chi connectivity index (χ0n) is 9.59. The largest absolute Gasteiger partial charge is 0.375 e. The van der Waals surface area contributed by atoms with E-state index in [0.29, 0.717) is 11.4 Å². The molecule has 9 heteroatoms. The maximum atomic E-state index is 14.0. The summed E-state index contributed by atoms with van der Waals surface area (Å²) in [6.07, 6.45) is 2.72. The fourth-order valence-corrected chi connectivity index (χ4v) is 2.11. The summed E-state index contributed by atoms with van der Waals surface area (Å²) in [6.45, 7) is 1.73. The van der Waals surface area contributed by atoms with Gasteiger partial charge in [-0.05, 0) is 6.92 Å². The van der Waals surface area contributed by atoms with Gasteiger partial charge in [0.05, 0.1) is 6.33 Å². The van der Waals surface area contributed by atoms with Crippen LogP contribution in [0.5, 0.6) is 0 Å². The number of nitrogens with one attached hydrogen (secondary N) is 1. The summed E-state index contributed by atoms with van der Waals surface area (Å²) in [4.78, 5) is 14.0. The summed E-state index contributed by atoms with van der Waals surface area (Å²) in [6, 6.07) is 0. The van der Waals surface area contributed by atoms with Crippen LogP contribution in [-0.2, 0) is 5.92 Å². The number of H-pyrrole nitrogens is 1. The van der Waals surface area contributed by atoms with Crippen molar-refractivity contribution in [3.8, 4) is 11.5 Å². The van der Waals surface area contributed by atoms with Crippen LogP contribution in [0.3, 0.4) is 0 Å². The van der Waals surface area contributed by atoms with E-state index in [1.165, 1.54) is 17.9 Å². The number of hydrogen-bond donors (Lipinski definition) is 1. The first-order valence-electron chi connectivity index (χ1n) is 5.21. The van der Waals surface area contributed by atoms with Crippen LogP contribution in [0.2, 0.25) is 0 Å². The van der Waals surface area contributed by atoms with E-state index < -0.39 is 11.8 Å². The third-order valence-electron chi connectivity index (χ3n) is 2.44. The molecule has 0 aromatic carbocycles. The Hall–Kier alpha value is -2.16. The van der Waals surface area contributed by atoms with Crippen molar-refractivity contribution in [2.45, 2.75) is 12.8 Å². The van der Waals surface area contributed by atoms with Crippen LogP contribution in [0.4, 0.5) is 8.78 Å². The van der Waals surface area contributed by atoms with E-state index in [4.69, 9.17) is 0 Å². The van der Waals surface area contributed by atoms with Crippen molar-refractivity contribution in [3.05, 3.63) is 34.5 Å². The van der Waals surface area contributed by atoms with Crippen molar-refractivity contribution < 1.29 is 13.3 Å². The van der Waals surface area contributed by atoms with Gasteiger partial charge in [0.2, 0.25) is 5.82 Å². The minimum atomic E-state index is -3.40. The number of rotatable bonds is 3. The fourth-order valence-electron chi connectivity index (χ4n) is 1.50. The molecule has 0 unspecified atom stereocenters. The number of hydrogen-bond acceptors (Lipinski definition) is 6. The van der Waals surface area contributed by atoms with Gasteiger partial charge in [-0.1, -0.05) is 5.16 Å². The Morgan fingerprint density at radius 1 is 1.37 bits per heavy atom. The zero-order chi connectivity index (χ0) is 13.5. The lowest BCUT2D eigenvalue weighted by Crippen LogP contribution is -2.15. The first-order chi connectivity index (χ1) is 9.09. The predicted octanol–water partition coefficient (Wildman–Crippen LogP) is 2.36. The number of alkyl halides is 2. The summed E-state index contributed by atoms with van der Waals surface area (Å²) in [5.41, 5.74) is 1.05. The molecule has 0 aliphatic carbocycles. The molecule has 0 aliphatic heterocycles. The standard InChI is InChI=1S/C10H7F2N5OS/c1-5-6(15-4-14-5)7-16-8(18-17-7)10(11,12)9-13-2-3-19-9/h2-4H,1H3,(H,14,15). The van der Waals surface area contributed by atoms with Gasteiger partial charge in [0.15, 0.2) is 5.01 Å². The van der Waals surface area contributed by atoms with E-state index in [-0.39, 0.29) is 10.8 Å². The number of aromatic nitrogens is 5. The predicted molar refractivity (Wildman–Crippen MR) is 61.7 cm³/mol. The number of imidazole rings is 1. The molecule has 0 saturated carbocycles. The Balaban J connectivity index is 2.00. The molecule has 0 fully saturated rings. The molecule has 0 atom stereocenters. The Kier molecular flexibility index (Phi) is 2.63. The van der Waals surface area contributed by atoms with Gasteiger partial charge in [0.1, 0.15) is 5.69 Å². The second-order valence-corrected chi connectivity index (χ2v) is 4.61. The molecule has 0 spiro atoms. The number of halogens is 2. The van der Waals surface area contributed by atoms with Crippen molar-refractivity contribution in [2.24, 2.45) is 0 Å². The molecule has 1 N–H and O–H groups in total. The van der Waals surface area contributed by atoms with Gasteiger partial charge in [-0.15, -0.1) is 11.3 Å². The third-order valence-corrected chi connectivity index (χ3v) is 3.28. The monoisotopic (exact) mass is 283 g/mol. The minimum absolute atomic E-state index is 0.0185. The fraction of sp³-hybridized carbons (Fsp3) is 0.200. The zero-order valence-corrected chi connectivity index (χ0v) is 10.4. The first-order valence-corrected chi connectivity index (χ1v) is 6.09. The molecule has 6 nitrogen and oxygen atoms in total. The molecule has 3 heterocycles. The van der Waals surface area contributed by atoms with E-state index in [1.807, 2.05) is 0 Å². The lowest BCUT2D eigenvalue weighted by atomic mass is 10.3. The molecule has 0 saturated heterocycles. The van der Waals surface area contributed by atoms with E-state index in [1.54, 1.807) is 6.92 Å². The molecule has 0 radical (unpaired) electrons. The lowest BCUT2D eigenvalue weighted by molar-refractivity contribution is 0.00741. The second-order valence-electron chi connectivity index (χ2n) is 3.71. The van der Waals surface area contributed by atoms with Crippen LogP contribution in [0, 0.1) is 6.92 Å². The Morgan fingerprint density at radius 2 is 2.21 bits per heavy atom. The second kappa shape index (κ2) is 4.19. The van der Waals surface area contributed by atoms with Gasteiger partial charge in [-0.25, -0.2) is 9.97 Å². The smallest absolute Gasteiger partial charge is 0.348 e. The van der Waals surface area contributed by atoms with E-state index >= 15 is 0 Å².